The number of carbonyl (C=O) groups is 2. The van der Waals surface area contributed by atoms with Crippen molar-refractivity contribution in [3.05, 3.63) is 0 Å². The zero-order valence-corrected chi connectivity index (χ0v) is 11.5. The van der Waals surface area contributed by atoms with Gasteiger partial charge in [-0.05, 0) is 25.9 Å². The van der Waals surface area contributed by atoms with E-state index in [4.69, 9.17) is 0 Å². The molecule has 2 amide bonds. The van der Waals surface area contributed by atoms with E-state index in [1.54, 1.807) is 0 Å². The van der Waals surface area contributed by atoms with Crippen LogP contribution in [0.15, 0.2) is 0 Å². The maximum absolute atomic E-state index is 11.5. The minimum atomic E-state index is -0.171. The fourth-order valence-electron chi connectivity index (χ4n) is 2.57. The van der Waals surface area contributed by atoms with Crippen molar-refractivity contribution in [1.82, 2.24) is 20.4 Å². The van der Waals surface area contributed by atoms with Crippen LogP contribution >= 0.6 is 0 Å². The number of amides is 2. The Hall–Kier alpha value is -1.14. The lowest BCUT2D eigenvalue weighted by Crippen LogP contribution is -2.47. The quantitative estimate of drug-likeness (QED) is 0.554. The van der Waals surface area contributed by atoms with Crippen molar-refractivity contribution in [1.29, 1.82) is 0 Å². The molecule has 0 aromatic heterocycles. The molecule has 0 aromatic rings. The molecule has 0 atom stereocenters. The molecule has 0 aliphatic carbocycles. The average Bonchev–Trinajstić information content (AvgIpc) is 2.41. The number of hydrogen-bond acceptors (Lipinski definition) is 4. The molecule has 6 nitrogen and oxygen atoms in total. The predicted molar refractivity (Wildman–Crippen MR) is 72.8 cm³/mol. The molecule has 2 N–H and O–H groups in total. The number of nitrogens with one attached hydrogen (secondary N) is 2. The van der Waals surface area contributed by atoms with Gasteiger partial charge in [-0.1, -0.05) is 0 Å². The normalized spacial score (nSPS) is 30.9. The number of carbonyl (C=O) groups excluding carboxylic acids is 2. The first-order valence-corrected chi connectivity index (χ1v) is 7.22. The summed E-state index contributed by atoms with van der Waals surface area (Å²) in [5, 5.41) is 5.61. The Labute approximate surface area is 114 Å². The molecule has 2 bridgehead atoms. The zero-order valence-electron chi connectivity index (χ0n) is 11.5. The molecule has 108 valence electrons. The first-order valence-electron chi connectivity index (χ1n) is 7.22. The van der Waals surface area contributed by atoms with Gasteiger partial charge in [-0.25, -0.2) is 0 Å². The van der Waals surface area contributed by atoms with Gasteiger partial charge in [-0.2, -0.15) is 0 Å². The van der Waals surface area contributed by atoms with E-state index in [1.807, 2.05) is 0 Å². The molecule has 3 saturated heterocycles. The van der Waals surface area contributed by atoms with Crippen LogP contribution in [0.2, 0.25) is 0 Å². The van der Waals surface area contributed by atoms with E-state index in [9.17, 15) is 9.59 Å². The van der Waals surface area contributed by atoms with E-state index in [2.05, 4.69) is 20.4 Å². The smallest absolute Gasteiger partial charge is 0.229 e. The molecule has 19 heavy (non-hydrogen) atoms. The SMILES string of the molecule is O=C1CC(=O)NCCCN2CCN(CCCN1)CC2. The van der Waals surface area contributed by atoms with Crippen LogP contribution in [0.25, 0.3) is 0 Å². The van der Waals surface area contributed by atoms with Crippen molar-refractivity contribution in [2.75, 3.05) is 52.4 Å². The molecule has 0 spiro atoms. The van der Waals surface area contributed by atoms with E-state index in [1.165, 1.54) is 0 Å². The van der Waals surface area contributed by atoms with Gasteiger partial charge >= 0.3 is 0 Å². The molecule has 3 aliphatic heterocycles. The summed E-state index contributed by atoms with van der Waals surface area (Å²) in [6.45, 7) is 7.82. The second-order valence-corrected chi connectivity index (χ2v) is 5.27. The molecular formula is C13H24N4O2. The highest BCUT2D eigenvalue weighted by atomic mass is 16.2. The van der Waals surface area contributed by atoms with Gasteiger partial charge < -0.3 is 20.4 Å². The molecule has 6 heteroatoms. The predicted octanol–water partition coefficient (Wildman–Crippen LogP) is -0.980. The highest BCUT2D eigenvalue weighted by Gasteiger charge is 2.16. The summed E-state index contributed by atoms with van der Waals surface area (Å²) in [5.74, 6) is -0.342. The molecule has 3 fully saturated rings. The largest absolute Gasteiger partial charge is 0.356 e. The minimum absolute atomic E-state index is 0.0482. The van der Waals surface area contributed by atoms with E-state index < -0.39 is 0 Å². The second kappa shape index (κ2) is 7.45. The van der Waals surface area contributed by atoms with Crippen molar-refractivity contribution >= 4 is 11.8 Å². The van der Waals surface area contributed by atoms with Crippen LogP contribution in [-0.2, 0) is 9.59 Å². The van der Waals surface area contributed by atoms with Crippen molar-refractivity contribution in [2.24, 2.45) is 0 Å². The Balaban J connectivity index is 1.83. The fourth-order valence-corrected chi connectivity index (χ4v) is 2.57. The highest BCUT2D eigenvalue weighted by Crippen LogP contribution is 2.03. The number of fused-ring (bicyclic) bond motifs is 12. The number of piperazine rings is 1. The van der Waals surface area contributed by atoms with Gasteiger partial charge in [0.2, 0.25) is 11.8 Å². The standard InChI is InChI=1S/C13H24N4O2/c18-12-11-13(19)15-4-2-6-17-9-7-16(8-10-17)5-1-3-14-12/h1-11H2,(H,14,18)(H,15,19). The summed E-state index contributed by atoms with van der Waals surface area (Å²) >= 11 is 0. The van der Waals surface area contributed by atoms with Crippen LogP contribution in [0.4, 0.5) is 0 Å². The van der Waals surface area contributed by atoms with Crippen LogP contribution in [0.1, 0.15) is 19.3 Å². The molecule has 0 unspecified atom stereocenters. The molecule has 0 radical (unpaired) electrons. The lowest BCUT2D eigenvalue weighted by molar-refractivity contribution is -0.129. The van der Waals surface area contributed by atoms with Gasteiger partial charge in [0.1, 0.15) is 6.42 Å². The molecule has 0 saturated carbocycles. The Morgan fingerprint density at radius 2 is 1.11 bits per heavy atom. The van der Waals surface area contributed by atoms with Crippen LogP contribution in [-0.4, -0.2) is 74.0 Å². The van der Waals surface area contributed by atoms with Gasteiger partial charge in [-0.3, -0.25) is 9.59 Å². The summed E-state index contributed by atoms with van der Waals surface area (Å²) in [6, 6.07) is 0. The van der Waals surface area contributed by atoms with Crippen molar-refractivity contribution in [2.45, 2.75) is 19.3 Å². The number of hydrogen-bond donors (Lipinski definition) is 2. The third-order valence-electron chi connectivity index (χ3n) is 3.73. The van der Waals surface area contributed by atoms with E-state index in [0.29, 0.717) is 13.1 Å². The first-order chi connectivity index (χ1) is 9.24. The molecule has 0 aromatic carbocycles. The highest BCUT2D eigenvalue weighted by molar-refractivity contribution is 5.96. The van der Waals surface area contributed by atoms with Gasteiger partial charge in [0.05, 0.1) is 0 Å². The van der Waals surface area contributed by atoms with Crippen molar-refractivity contribution in [3.8, 4) is 0 Å². The Morgan fingerprint density at radius 3 is 1.53 bits per heavy atom. The van der Waals surface area contributed by atoms with Crippen LogP contribution < -0.4 is 10.6 Å². The second-order valence-electron chi connectivity index (χ2n) is 5.27. The van der Waals surface area contributed by atoms with Gasteiger partial charge in [0.15, 0.2) is 0 Å². The Kier molecular flexibility index (Phi) is 5.60. The zero-order chi connectivity index (χ0) is 13.5. The molecular weight excluding hydrogens is 244 g/mol. The molecule has 3 rings (SSSR count). The van der Waals surface area contributed by atoms with E-state index in [0.717, 1.165) is 52.1 Å². The van der Waals surface area contributed by atoms with E-state index in [-0.39, 0.29) is 18.2 Å². The average molecular weight is 268 g/mol. The van der Waals surface area contributed by atoms with Crippen molar-refractivity contribution in [3.63, 3.8) is 0 Å². The summed E-state index contributed by atoms with van der Waals surface area (Å²) in [6.07, 6.45) is 1.86. The maximum Gasteiger partial charge on any atom is 0.229 e. The van der Waals surface area contributed by atoms with Gasteiger partial charge in [0, 0.05) is 39.3 Å². The molecule has 3 heterocycles. The lowest BCUT2D eigenvalue weighted by atomic mass is 10.2. The monoisotopic (exact) mass is 268 g/mol. The third kappa shape index (κ3) is 5.16. The van der Waals surface area contributed by atoms with Crippen LogP contribution in [0.5, 0.6) is 0 Å². The van der Waals surface area contributed by atoms with Gasteiger partial charge in [0.25, 0.3) is 0 Å². The Bertz CT molecular complexity index is 284. The topological polar surface area (TPSA) is 64.7 Å². The summed E-state index contributed by atoms with van der Waals surface area (Å²) in [5.41, 5.74) is 0. The van der Waals surface area contributed by atoms with Crippen molar-refractivity contribution < 1.29 is 9.59 Å². The third-order valence-corrected chi connectivity index (χ3v) is 3.73. The molecule has 3 aliphatic rings. The number of nitrogens with zero attached hydrogens (tertiary/aromatic N) is 2. The Morgan fingerprint density at radius 1 is 0.684 bits per heavy atom. The minimum Gasteiger partial charge on any atom is -0.356 e. The fraction of sp³-hybridized carbons (Fsp3) is 0.846. The van der Waals surface area contributed by atoms with E-state index >= 15 is 0 Å². The first kappa shape index (κ1) is 14.3. The van der Waals surface area contributed by atoms with Crippen LogP contribution in [0.3, 0.4) is 0 Å². The lowest BCUT2D eigenvalue weighted by Gasteiger charge is -2.34. The summed E-state index contributed by atoms with van der Waals surface area (Å²) < 4.78 is 0. The van der Waals surface area contributed by atoms with Gasteiger partial charge in [-0.15, -0.1) is 0 Å². The maximum atomic E-state index is 11.5. The van der Waals surface area contributed by atoms with Crippen LogP contribution in [0, 0.1) is 0 Å². The summed E-state index contributed by atoms with van der Waals surface area (Å²) in [4.78, 5) is 27.9. The number of rotatable bonds is 0. The summed E-state index contributed by atoms with van der Waals surface area (Å²) in [7, 11) is 0.